The first-order valence-corrected chi connectivity index (χ1v) is 11.2. The first-order chi connectivity index (χ1) is 17.0. The first-order valence-electron chi connectivity index (χ1n) is 11.2. The van der Waals surface area contributed by atoms with Crippen molar-refractivity contribution in [3.63, 3.8) is 0 Å². The molecule has 0 saturated carbocycles. The number of ether oxygens (including phenoxy) is 5. The van der Waals surface area contributed by atoms with Gasteiger partial charge in [0.25, 0.3) is 0 Å². The summed E-state index contributed by atoms with van der Waals surface area (Å²) in [4.78, 5) is 13.1. The highest BCUT2D eigenvalue weighted by molar-refractivity contribution is 5.97. The number of fused-ring (bicyclic) bond motifs is 6. The lowest BCUT2D eigenvalue weighted by atomic mass is 9.77. The molecular formula is C26H25NO8. The van der Waals surface area contributed by atoms with Crippen LogP contribution in [-0.2, 0) is 19.8 Å². The lowest BCUT2D eigenvalue weighted by Gasteiger charge is -2.36. The fraction of sp³-hybridized carbons (Fsp3) is 0.269. The van der Waals surface area contributed by atoms with Crippen LogP contribution in [0.15, 0.2) is 54.6 Å². The molecule has 2 aliphatic rings. The van der Waals surface area contributed by atoms with Gasteiger partial charge in [-0.25, -0.2) is 4.79 Å². The van der Waals surface area contributed by atoms with E-state index in [1.165, 1.54) is 24.3 Å². The second kappa shape index (κ2) is 9.46. The van der Waals surface area contributed by atoms with Gasteiger partial charge in [-0.1, -0.05) is 0 Å². The van der Waals surface area contributed by atoms with Crippen LogP contribution in [0.2, 0.25) is 0 Å². The molecule has 0 radical (unpaired) electrons. The van der Waals surface area contributed by atoms with Gasteiger partial charge in [0, 0.05) is 35.4 Å². The van der Waals surface area contributed by atoms with E-state index in [-0.39, 0.29) is 11.5 Å². The molecule has 0 aliphatic carbocycles. The van der Waals surface area contributed by atoms with Gasteiger partial charge in [0.1, 0.15) is 35.4 Å². The van der Waals surface area contributed by atoms with Gasteiger partial charge in [-0.05, 0) is 42.5 Å². The van der Waals surface area contributed by atoms with Gasteiger partial charge < -0.3 is 39.6 Å². The number of hydrogen-bond acceptors (Lipinski definition) is 9. The third-order valence-corrected chi connectivity index (χ3v) is 5.88. The van der Waals surface area contributed by atoms with Crippen molar-refractivity contribution < 1.29 is 38.7 Å². The van der Waals surface area contributed by atoms with Crippen LogP contribution in [0.3, 0.4) is 0 Å². The van der Waals surface area contributed by atoms with Crippen LogP contribution in [0, 0.1) is 0 Å². The molecule has 0 bridgehead atoms. The summed E-state index contributed by atoms with van der Waals surface area (Å²) < 4.78 is 28.5. The minimum absolute atomic E-state index is 0.00367. The Labute approximate surface area is 201 Å². The molecule has 2 aliphatic heterocycles. The zero-order valence-corrected chi connectivity index (χ0v) is 18.9. The van der Waals surface area contributed by atoms with E-state index in [9.17, 15) is 15.0 Å². The Hall–Kier alpha value is -3.79. The molecule has 0 unspecified atom stereocenters. The molecule has 5 rings (SSSR count). The standard InChI is InChI=1S/C26H25NO8/c27-7-8-31-9-10-32-11-12-33-18-3-6-20-19(15-18)25(30)35-26(20)21-4-1-16(28)13-23(21)34-24-14-17(29)2-5-22(24)26/h1-6,13-15,28-29H,7-12,27H2. The average molecular weight is 479 g/mol. The molecule has 1 spiro atoms. The molecular weight excluding hydrogens is 454 g/mol. The van der Waals surface area contributed by atoms with Crippen molar-refractivity contribution >= 4 is 5.97 Å². The van der Waals surface area contributed by atoms with E-state index in [0.717, 1.165) is 0 Å². The van der Waals surface area contributed by atoms with Crippen molar-refractivity contribution in [3.05, 3.63) is 76.9 Å². The predicted molar refractivity (Wildman–Crippen MR) is 124 cm³/mol. The van der Waals surface area contributed by atoms with Crippen molar-refractivity contribution in [1.82, 2.24) is 0 Å². The van der Waals surface area contributed by atoms with Gasteiger partial charge in [0.05, 0.1) is 32.0 Å². The van der Waals surface area contributed by atoms with Gasteiger partial charge in [-0.2, -0.15) is 0 Å². The number of esters is 1. The van der Waals surface area contributed by atoms with Gasteiger partial charge >= 0.3 is 5.97 Å². The number of hydrogen-bond donors (Lipinski definition) is 3. The molecule has 0 aromatic heterocycles. The third kappa shape index (κ3) is 4.14. The summed E-state index contributed by atoms with van der Waals surface area (Å²) in [7, 11) is 0. The average Bonchev–Trinajstić information content (AvgIpc) is 3.12. The van der Waals surface area contributed by atoms with Gasteiger partial charge in [0.2, 0.25) is 0 Å². The number of rotatable bonds is 9. The first kappa shape index (κ1) is 23.0. The Morgan fingerprint density at radius 3 is 2.03 bits per heavy atom. The summed E-state index contributed by atoms with van der Waals surface area (Å²) in [5.74, 6) is 0.657. The molecule has 0 fully saturated rings. The maximum absolute atomic E-state index is 13.1. The minimum atomic E-state index is -1.29. The maximum Gasteiger partial charge on any atom is 0.340 e. The Kier molecular flexibility index (Phi) is 6.21. The molecule has 0 amide bonds. The monoisotopic (exact) mass is 479 g/mol. The second-order valence-corrected chi connectivity index (χ2v) is 8.10. The molecule has 0 atom stereocenters. The van der Waals surface area contributed by atoms with Crippen LogP contribution >= 0.6 is 0 Å². The smallest absolute Gasteiger partial charge is 0.340 e. The van der Waals surface area contributed by atoms with Crippen molar-refractivity contribution in [3.8, 4) is 28.7 Å². The Morgan fingerprint density at radius 1 is 0.771 bits per heavy atom. The van der Waals surface area contributed by atoms with Gasteiger partial charge in [-0.3, -0.25) is 0 Å². The van der Waals surface area contributed by atoms with E-state index in [1.54, 1.807) is 30.3 Å². The van der Waals surface area contributed by atoms with E-state index in [2.05, 4.69) is 0 Å². The molecule has 3 aromatic rings. The van der Waals surface area contributed by atoms with Gasteiger partial charge in [-0.15, -0.1) is 0 Å². The summed E-state index contributed by atoms with van der Waals surface area (Å²) in [5, 5.41) is 20.0. The molecule has 4 N–H and O–H groups in total. The summed E-state index contributed by atoms with van der Waals surface area (Å²) >= 11 is 0. The lowest BCUT2D eigenvalue weighted by Crippen LogP contribution is -2.32. The minimum Gasteiger partial charge on any atom is -0.508 e. The second-order valence-electron chi connectivity index (χ2n) is 8.10. The number of carbonyl (C=O) groups is 1. The highest BCUT2D eigenvalue weighted by atomic mass is 16.6. The molecule has 3 aromatic carbocycles. The van der Waals surface area contributed by atoms with E-state index in [1.807, 2.05) is 0 Å². The quantitative estimate of drug-likeness (QED) is 0.313. The van der Waals surface area contributed by atoms with Crippen LogP contribution in [0.5, 0.6) is 28.7 Å². The largest absolute Gasteiger partial charge is 0.508 e. The van der Waals surface area contributed by atoms with Crippen molar-refractivity contribution in [2.45, 2.75) is 5.60 Å². The van der Waals surface area contributed by atoms with E-state index in [0.29, 0.717) is 79.1 Å². The SMILES string of the molecule is NCCOCCOCCOc1ccc2c(c1)C(=O)OC21c2ccc(O)cc2Oc2cc(O)ccc21. The zero-order chi connectivity index (χ0) is 24.4. The van der Waals surface area contributed by atoms with Crippen LogP contribution in [-0.4, -0.2) is 55.8 Å². The van der Waals surface area contributed by atoms with Crippen LogP contribution in [0.4, 0.5) is 0 Å². The van der Waals surface area contributed by atoms with Crippen LogP contribution in [0.25, 0.3) is 0 Å². The van der Waals surface area contributed by atoms with E-state index < -0.39 is 11.6 Å². The normalized spacial score (nSPS) is 14.6. The van der Waals surface area contributed by atoms with E-state index in [4.69, 9.17) is 29.4 Å². The number of benzene rings is 3. The molecule has 0 saturated heterocycles. The van der Waals surface area contributed by atoms with Crippen molar-refractivity contribution in [1.29, 1.82) is 0 Å². The Morgan fingerprint density at radius 2 is 1.37 bits per heavy atom. The summed E-state index contributed by atoms with van der Waals surface area (Å²) in [5.41, 5.74) is 6.19. The highest BCUT2D eigenvalue weighted by Crippen LogP contribution is 2.57. The topological polar surface area (TPSA) is 130 Å². The zero-order valence-electron chi connectivity index (χ0n) is 18.9. The fourth-order valence-electron chi connectivity index (χ4n) is 4.40. The van der Waals surface area contributed by atoms with Crippen LogP contribution in [0.1, 0.15) is 27.0 Å². The fourth-order valence-corrected chi connectivity index (χ4v) is 4.40. The molecule has 2 heterocycles. The van der Waals surface area contributed by atoms with Gasteiger partial charge in [0.15, 0.2) is 5.60 Å². The molecule has 35 heavy (non-hydrogen) atoms. The maximum atomic E-state index is 13.1. The number of phenols is 2. The van der Waals surface area contributed by atoms with Crippen molar-refractivity contribution in [2.75, 3.05) is 39.6 Å². The summed E-state index contributed by atoms with van der Waals surface area (Å²) in [6.07, 6.45) is 0. The number of nitrogens with two attached hydrogens (primary N) is 1. The summed E-state index contributed by atoms with van der Waals surface area (Å²) in [6.45, 7) is 2.54. The number of phenolic OH excluding ortho intramolecular Hbond substituents is 2. The lowest BCUT2D eigenvalue weighted by molar-refractivity contribution is 0.0224. The molecule has 9 heteroatoms. The highest BCUT2D eigenvalue weighted by Gasteiger charge is 2.53. The van der Waals surface area contributed by atoms with E-state index >= 15 is 0 Å². The predicted octanol–water partition coefficient (Wildman–Crippen LogP) is 3.04. The summed E-state index contributed by atoms with van der Waals surface area (Å²) in [6, 6.07) is 14.5. The number of aromatic hydroxyl groups is 2. The molecule has 182 valence electrons. The third-order valence-electron chi connectivity index (χ3n) is 5.88. The Bertz CT molecular complexity index is 1210. The van der Waals surface area contributed by atoms with Crippen LogP contribution < -0.4 is 15.2 Å². The molecule has 9 nitrogen and oxygen atoms in total. The number of carbonyl (C=O) groups excluding carboxylic acids is 1. The van der Waals surface area contributed by atoms with Crippen molar-refractivity contribution in [2.24, 2.45) is 5.73 Å². The Balaban J connectivity index is 1.42.